The van der Waals surface area contributed by atoms with Crippen molar-refractivity contribution in [1.29, 1.82) is 0 Å². The molecule has 0 spiro atoms. The van der Waals surface area contributed by atoms with Gasteiger partial charge in [-0.25, -0.2) is 9.42 Å². The molecule has 0 amide bonds. The normalized spacial score (nSPS) is 10.2. The maximum Gasteiger partial charge on any atom is 0.361 e. The van der Waals surface area contributed by atoms with E-state index in [-0.39, 0.29) is 10.7 Å². The Morgan fingerprint density at radius 1 is 1.69 bits per heavy atom. The zero-order valence-electron chi connectivity index (χ0n) is 6.89. The zero-order valence-corrected chi connectivity index (χ0v) is 7.71. The maximum absolute atomic E-state index is 10.5. The van der Waals surface area contributed by atoms with E-state index in [0.29, 0.717) is 12.4 Å². The molecule has 0 aromatic carbocycles. The van der Waals surface area contributed by atoms with Gasteiger partial charge in [0.05, 0.1) is 6.61 Å². The van der Waals surface area contributed by atoms with Crippen LogP contribution in [-0.2, 0) is 4.74 Å². The molecule has 0 aliphatic heterocycles. The van der Waals surface area contributed by atoms with Crippen LogP contribution in [0.2, 0.25) is 0 Å². The summed E-state index contributed by atoms with van der Waals surface area (Å²) in [6.07, 6.45) is 0. The third-order valence-corrected chi connectivity index (χ3v) is 2.10. The van der Waals surface area contributed by atoms with Crippen molar-refractivity contribution in [2.75, 3.05) is 19.5 Å². The Hall–Kier alpha value is -1.08. The molecular formula is C6H8N2O4S. The van der Waals surface area contributed by atoms with Crippen molar-refractivity contribution in [1.82, 2.24) is 10.3 Å². The van der Waals surface area contributed by atoms with Gasteiger partial charge in [0.1, 0.15) is 0 Å². The van der Waals surface area contributed by atoms with Crippen LogP contribution in [0, 0.1) is 0 Å². The van der Waals surface area contributed by atoms with Gasteiger partial charge in [0, 0.05) is 12.9 Å². The standard InChI is InChI=1S/C6H8N2O4S/c1-11-2-3-13-5-4(6(9)10)7-12-8-5/h2-3H2,1H3,(H,9,10). The van der Waals surface area contributed by atoms with Gasteiger partial charge in [0.15, 0.2) is 5.03 Å². The van der Waals surface area contributed by atoms with E-state index in [2.05, 4.69) is 14.9 Å². The Balaban J connectivity index is 2.55. The Morgan fingerprint density at radius 3 is 3.08 bits per heavy atom. The van der Waals surface area contributed by atoms with Crippen molar-refractivity contribution in [2.24, 2.45) is 0 Å². The van der Waals surface area contributed by atoms with Crippen LogP contribution in [-0.4, -0.2) is 40.9 Å². The molecule has 0 bridgehead atoms. The summed E-state index contributed by atoms with van der Waals surface area (Å²) in [6, 6.07) is 0. The maximum atomic E-state index is 10.5. The highest BCUT2D eigenvalue weighted by Crippen LogP contribution is 2.18. The van der Waals surface area contributed by atoms with Gasteiger partial charge in [-0.05, 0) is 10.3 Å². The van der Waals surface area contributed by atoms with Gasteiger partial charge in [-0.15, -0.1) is 0 Å². The molecule has 13 heavy (non-hydrogen) atoms. The van der Waals surface area contributed by atoms with Gasteiger partial charge in [0.25, 0.3) is 0 Å². The second-order valence-electron chi connectivity index (χ2n) is 2.06. The largest absolute Gasteiger partial charge is 0.476 e. The van der Waals surface area contributed by atoms with Crippen molar-refractivity contribution in [2.45, 2.75) is 5.03 Å². The molecule has 1 heterocycles. The lowest BCUT2D eigenvalue weighted by Crippen LogP contribution is -1.99. The molecule has 0 unspecified atom stereocenters. The third-order valence-electron chi connectivity index (χ3n) is 1.19. The third kappa shape index (κ3) is 2.71. The molecule has 1 N–H and O–H groups in total. The molecule has 0 atom stereocenters. The highest BCUT2D eigenvalue weighted by atomic mass is 32.2. The number of aromatic nitrogens is 2. The first-order valence-electron chi connectivity index (χ1n) is 3.43. The molecular weight excluding hydrogens is 196 g/mol. The van der Waals surface area contributed by atoms with E-state index in [0.717, 1.165) is 0 Å². The number of rotatable bonds is 5. The van der Waals surface area contributed by atoms with E-state index in [4.69, 9.17) is 9.84 Å². The van der Waals surface area contributed by atoms with Crippen LogP contribution in [0.25, 0.3) is 0 Å². The Morgan fingerprint density at radius 2 is 2.46 bits per heavy atom. The fourth-order valence-corrected chi connectivity index (χ4v) is 1.42. The molecule has 0 saturated heterocycles. The number of methoxy groups -OCH3 is 1. The van der Waals surface area contributed by atoms with E-state index in [1.54, 1.807) is 7.11 Å². The average Bonchev–Trinajstić information content (AvgIpc) is 2.53. The number of hydrogen-bond donors (Lipinski definition) is 1. The number of carboxylic acid groups (broad SMARTS) is 1. The number of hydrogen-bond acceptors (Lipinski definition) is 6. The number of ether oxygens (including phenoxy) is 1. The smallest absolute Gasteiger partial charge is 0.361 e. The Kier molecular flexibility index (Phi) is 3.71. The van der Waals surface area contributed by atoms with E-state index >= 15 is 0 Å². The van der Waals surface area contributed by atoms with Crippen LogP contribution in [0.5, 0.6) is 0 Å². The number of nitrogens with zero attached hydrogens (tertiary/aromatic N) is 2. The van der Waals surface area contributed by atoms with Gasteiger partial charge in [0.2, 0.25) is 5.69 Å². The number of aromatic carboxylic acids is 1. The summed E-state index contributed by atoms with van der Waals surface area (Å²) in [5.41, 5.74) is -0.152. The fraction of sp³-hybridized carbons (Fsp3) is 0.500. The van der Waals surface area contributed by atoms with Crippen molar-refractivity contribution < 1.29 is 19.3 Å². The minimum absolute atomic E-state index is 0.152. The van der Waals surface area contributed by atoms with E-state index in [9.17, 15) is 4.79 Å². The molecule has 1 rings (SSSR count). The first kappa shape index (κ1) is 10.0. The van der Waals surface area contributed by atoms with Gasteiger partial charge in [-0.2, -0.15) is 0 Å². The average molecular weight is 204 g/mol. The molecule has 0 fully saturated rings. The summed E-state index contributed by atoms with van der Waals surface area (Å²) in [6.45, 7) is 0.524. The summed E-state index contributed by atoms with van der Waals surface area (Å²) in [5, 5.41) is 15.6. The van der Waals surface area contributed by atoms with Gasteiger partial charge in [-0.1, -0.05) is 11.8 Å². The summed E-state index contributed by atoms with van der Waals surface area (Å²) < 4.78 is 9.09. The van der Waals surface area contributed by atoms with Crippen molar-refractivity contribution in [3.05, 3.63) is 5.69 Å². The predicted molar refractivity (Wildman–Crippen MR) is 43.9 cm³/mol. The monoisotopic (exact) mass is 204 g/mol. The molecule has 0 saturated carbocycles. The Bertz CT molecular complexity index is 288. The van der Waals surface area contributed by atoms with E-state index in [1.807, 2.05) is 0 Å². The van der Waals surface area contributed by atoms with E-state index < -0.39 is 5.97 Å². The lowest BCUT2D eigenvalue weighted by molar-refractivity contribution is 0.0682. The Labute approximate surface area is 78.2 Å². The molecule has 72 valence electrons. The summed E-state index contributed by atoms with van der Waals surface area (Å²) >= 11 is 1.23. The highest BCUT2D eigenvalue weighted by Gasteiger charge is 2.16. The van der Waals surface area contributed by atoms with Crippen LogP contribution in [0.3, 0.4) is 0 Å². The second kappa shape index (κ2) is 4.83. The van der Waals surface area contributed by atoms with Gasteiger partial charge in [-0.3, -0.25) is 0 Å². The highest BCUT2D eigenvalue weighted by molar-refractivity contribution is 7.99. The van der Waals surface area contributed by atoms with Crippen molar-refractivity contribution >= 4 is 17.7 Å². The lowest BCUT2D eigenvalue weighted by atomic mass is 10.5. The molecule has 0 aliphatic carbocycles. The van der Waals surface area contributed by atoms with Crippen molar-refractivity contribution in [3.8, 4) is 0 Å². The minimum Gasteiger partial charge on any atom is -0.476 e. The quantitative estimate of drug-likeness (QED) is 0.552. The molecule has 7 heteroatoms. The first-order valence-corrected chi connectivity index (χ1v) is 4.42. The van der Waals surface area contributed by atoms with Crippen LogP contribution < -0.4 is 0 Å². The second-order valence-corrected chi connectivity index (χ2v) is 3.15. The van der Waals surface area contributed by atoms with Crippen molar-refractivity contribution in [3.63, 3.8) is 0 Å². The summed E-state index contributed by atoms with van der Waals surface area (Å²) in [4.78, 5) is 10.5. The van der Waals surface area contributed by atoms with Gasteiger partial charge < -0.3 is 9.84 Å². The minimum atomic E-state index is -1.14. The molecule has 6 nitrogen and oxygen atoms in total. The van der Waals surface area contributed by atoms with Crippen LogP contribution >= 0.6 is 11.8 Å². The lowest BCUT2D eigenvalue weighted by Gasteiger charge is -1.95. The molecule has 0 radical (unpaired) electrons. The van der Waals surface area contributed by atoms with Gasteiger partial charge >= 0.3 is 5.97 Å². The van der Waals surface area contributed by atoms with Crippen LogP contribution in [0.15, 0.2) is 9.65 Å². The predicted octanol–water partition coefficient (Wildman–Crippen LogP) is 0.506. The first-order chi connectivity index (χ1) is 6.25. The molecule has 0 aliphatic rings. The fourth-order valence-electron chi connectivity index (χ4n) is 0.628. The number of carbonyl (C=O) groups is 1. The zero-order chi connectivity index (χ0) is 9.68. The number of thioether (sulfide) groups is 1. The number of carboxylic acids is 1. The molecule has 1 aromatic heterocycles. The van der Waals surface area contributed by atoms with Crippen LogP contribution in [0.4, 0.5) is 0 Å². The molecule has 1 aromatic rings. The summed E-state index contributed by atoms with van der Waals surface area (Å²) in [7, 11) is 1.57. The SMILES string of the molecule is COCCSc1nonc1C(=O)O. The summed E-state index contributed by atoms with van der Waals surface area (Å²) in [5.74, 6) is -0.522. The topological polar surface area (TPSA) is 85.5 Å². The van der Waals surface area contributed by atoms with Crippen LogP contribution in [0.1, 0.15) is 10.5 Å². The van der Waals surface area contributed by atoms with E-state index in [1.165, 1.54) is 11.8 Å².